The standard InChI is InChI=1S/C10H5Cl3FN3/c11-6-3-5(4-7(12)9(6)14)16-8-1-2-15-10(13)17-8/h1-4H,(H,15,16,17). The predicted octanol–water partition coefficient (Wildman–Crippen LogP) is 4.32. The molecule has 7 heteroatoms. The van der Waals surface area contributed by atoms with Gasteiger partial charge in [0.2, 0.25) is 5.28 Å². The molecule has 0 saturated heterocycles. The van der Waals surface area contributed by atoms with Gasteiger partial charge in [0.15, 0.2) is 5.82 Å². The third kappa shape index (κ3) is 2.97. The topological polar surface area (TPSA) is 37.8 Å². The smallest absolute Gasteiger partial charge is 0.224 e. The number of nitrogens with one attached hydrogen (secondary N) is 1. The number of halogens is 4. The van der Waals surface area contributed by atoms with E-state index in [0.717, 1.165) is 0 Å². The minimum absolute atomic E-state index is 0.0693. The number of hydrogen-bond acceptors (Lipinski definition) is 3. The highest BCUT2D eigenvalue weighted by Gasteiger charge is 2.08. The second-order valence-electron chi connectivity index (χ2n) is 3.09. The van der Waals surface area contributed by atoms with Gasteiger partial charge in [-0.15, -0.1) is 0 Å². The first-order valence-corrected chi connectivity index (χ1v) is 5.60. The zero-order chi connectivity index (χ0) is 12.4. The summed E-state index contributed by atoms with van der Waals surface area (Å²) in [6.07, 6.45) is 1.49. The van der Waals surface area contributed by atoms with Crippen molar-refractivity contribution in [3.63, 3.8) is 0 Å². The molecule has 0 aliphatic heterocycles. The van der Waals surface area contributed by atoms with E-state index >= 15 is 0 Å². The number of rotatable bonds is 2. The third-order valence-electron chi connectivity index (χ3n) is 1.88. The Balaban J connectivity index is 2.31. The van der Waals surface area contributed by atoms with Crippen LogP contribution in [0.5, 0.6) is 0 Å². The molecule has 2 rings (SSSR count). The van der Waals surface area contributed by atoms with Crippen molar-refractivity contribution in [2.75, 3.05) is 5.32 Å². The zero-order valence-corrected chi connectivity index (χ0v) is 10.5. The van der Waals surface area contributed by atoms with Gasteiger partial charge in [0.25, 0.3) is 0 Å². The molecule has 0 radical (unpaired) electrons. The quantitative estimate of drug-likeness (QED) is 0.661. The highest BCUT2D eigenvalue weighted by molar-refractivity contribution is 6.35. The fourth-order valence-electron chi connectivity index (χ4n) is 1.18. The number of anilines is 2. The molecule has 0 amide bonds. The first kappa shape index (κ1) is 12.4. The summed E-state index contributed by atoms with van der Waals surface area (Å²) in [4.78, 5) is 7.65. The maximum Gasteiger partial charge on any atom is 0.224 e. The van der Waals surface area contributed by atoms with Gasteiger partial charge in [-0.05, 0) is 29.8 Å². The monoisotopic (exact) mass is 291 g/mol. The van der Waals surface area contributed by atoms with E-state index in [1.165, 1.54) is 18.3 Å². The molecule has 1 heterocycles. The molecule has 0 atom stereocenters. The molecule has 1 aromatic heterocycles. The van der Waals surface area contributed by atoms with Gasteiger partial charge in [0, 0.05) is 11.9 Å². The van der Waals surface area contributed by atoms with E-state index in [4.69, 9.17) is 34.8 Å². The van der Waals surface area contributed by atoms with E-state index in [1.807, 2.05) is 0 Å². The number of hydrogen-bond donors (Lipinski definition) is 1. The van der Waals surface area contributed by atoms with Crippen LogP contribution in [0, 0.1) is 5.82 Å². The molecule has 3 nitrogen and oxygen atoms in total. The summed E-state index contributed by atoms with van der Waals surface area (Å²) < 4.78 is 13.2. The molecule has 17 heavy (non-hydrogen) atoms. The van der Waals surface area contributed by atoms with Crippen LogP contribution < -0.4 is 5.32 Å². The van der Waals surface area contributed by atoms with Crippen LogP contribution in [0.3, 0.4) is 0 Å². The second kappa shape index (κ2) is 5.04. The largest absolute Gasteiger partial charge is 0.340 e. The molecule has 0 fully saturated rings. The molecule has 1 N–H and O–H groups in total. The molecular weight excluding hydrogens is 287 g/mol. The summed E-state index contributed by atoms with van der Waals surface area (Å²) in [7, 11) is 0. The molecule has 0 aliphatic carbocycles. The number of nitrogens with zero attached hydrogens (tertiary/aromatic N) is 2. The van der Waals surface area contributed by atoms with Crippen molar-refractivity contribution in [2.45, 2.75) is 0 Å². The summed E-state index contributed by atoms with van der Waals surface area (Å²) in [5, 5.41) is 2.85. The molecule has 88 valence electrons. The Labute approximate surface area is 112 Å². The van der Waals surface area contributed by atoms with E-state index in [0.29, 0.717) is 11.5 Å². The van der Waals surface area contributed by atoms with Gasteiger partial charge in [0.1, 0.15) is 5.82 Å². The molecule has 1 aromatic carbocycles. The average Bonchev–Trinajstić information content (AvgIpc) is 2.26. The molecule has 2 aromatic rings. The average molecular weight is 293 g/mol. The van der Waals surface area contributed by atoms with Gasteiger partial charge in [0.05, 0.1) is 10.0 Å². The number of aromatic nitrogens is 2. The molecule has 0 bridgehead atoms. The van der Waals surface area contributed by atoms with Crippen LogP contribution in [-0.2, 0) is 0 Å². The Morgan fingerprint density at radius 2 is 1.76 bits per heavy atom. The zero-order valence-electron chi connectivity index (χ0n) is 8.22. The lowest BCUT2D eigenvalue weighted by molar-refractivity contribution is 0.629. The third-order valence-corrected chi connectivity index (χ3v) is 2.61. The van der Waals surface area contributed by atoms with Crippen molar-refractivity contribution in [3.05, 3.63) is 45.5 Å². The van der Waals surface area contributed by atoms with Gasteiger partial charge in [-0.1, -0.05) is 23.2 Å². The van der Waals surface area contributed by atoms with Crippen molar-refractivity contribution in [2.24, 2.45) is 0 Å². The number of benzene rings is 1. The van der Waals surface area contributed by atoms with Crippen LogP contribution in [0.1, 0.15) is 0 Å². The molecular formula is C10H5Cl3FN3. The van der Waals surface area contributed by atoms with Crippen molar-refractivity contribution in [1.29, 1.82) is 0 Å². The maximum atomic E-state index is 13.2. The first-order valence-electron chi connectivity index (χ1n) is 4.46. The Morgan fingerprint density at radius 1 is 1.12 bits per heavy atom. The Kier molecular flexibility index (Phi) is 3.66. The summed E-state index contributed by atoms with van der Waals surface area (Å²) in [5.74, 6) is -0.191. The van der Waals surface area contributed by atoms with E-state index in [1.54, 1.807) is 6.07 Å². The van der Waals surface area contributed by atoms with Crippen molar-refractivity contribution >= 4 is 46.3 Å². The van der Waals surface area contributed by atoms with Crippen molar-refractivity contribution in [1.82, 2.24) is 9.97 Å². The lowest BCUT2D eigenvalue weighted by Crippen LogP contribution is -1.95. The van der Waals surface area contributed by atoms with Crippen molar-refractivity contribution in [3.8, 4) is 0 Å². The van der Waals surface area contributed by atoms with Gasteiger partial charge >= 0.3 is 0 Å². The normalized spacial score (nSPS) is 10.4. The highest BCUT2D eigenvalue weighted by Crippen LogP contribution is 2.28. The Bertz CT molecular complexity index is 539. The SMILES string of the molecule is Fc1c(Cl)cc(Nc2ccnc(Cl)n2)cc1Cl. The van der Waals surface area contributed by atoms with Crippen molar-refractivity contribution < 1.29 is 4.39 Å². The lowest BCUT2D eigenvalue weighted by atomic mass is 10.3. The summed E-state index contributed by atoms with van der Waals surface area (Å²) in [6, 6.07) is 4.41. The second-order valence-corrected chi connectivity index (χ2v) is 4.24. The Morgan fingerprint density at radius 3 is 2.35 bits per heavy atom. The highest BCUT2D eigenvalue weighted by atomic mass is 35.5. The van der Waals surface area contributed by atoms with Gasteiger partial charge < -0.3 is 5.32 Å². The summed E-state index contributed by atoms with van der Waals surface area (Å²) in [6.45, 7) is 0. The Hall–Kier alpha value is -1.10. The van der Waals surface area contributed by atoms with Crippen LogP contribution in [0.2, 0.25) is 15.3 Å². The summed E-state index contributed by atoms with van der Waals surface area (Å²) >= 11 is 16.9. The molecule has 0 aliphatic rings. The maximum absolute atomic E-state index is 13.2. The minimum atomic E-state index is -0.653. The fourth-order valence-corrected chi connectivity index (χ4v) is 1.81. The van der Waals surface area contributed by atoms with Crippen LogP contribution >= 0.6 is 34.8 Å². The minimum Gasteiger partial charge on any atom is -0.340 e. The van der Waals surface area contributed by atoms with E-state index < -0.39 is 5.82 Å². The lowest BCUT2D eigenvalue weighted by Gasteiger charge is -2.07. The predicted molar refractivity (Wildman–Crippen MR) is 66.7 cm³/mol. The van der Waals surface area contributed by atoms with E-state index in [-0.39, 0.29) is 15.3 Å². The first-order chi connectivity index (χ1) is 8.06. The van der Waals surface area contributed by atoms with Crippen LogP contribution in [0.4, 0.5) is 15.9 Å². The molecule has 0 unspecified atom stereocenters. The summed E-state index contributed by atoms with van der Waals surface area (Å²) in [5.41, 5.74) is 0.510. The molecule has 0 spiro atoms. The fraction of sp³-hybridized carbons (Fsp3) is 0. The van der Waals surface area contributed by atoms with Gasteiger partial charge in [-0.25, -0.2) is 14.4 Å². The van der Waals surface area contributed by atoms with Gasteiger partial charge in [-0.3, -0.25) is 0 Å². The molecule has 0 saturated carbocycles. The van der Waals surface area contributed by atoms with Crippen LogP contribution in [-0.4, -0.2) is 9.97 Å². The van der Waals surface area contributed by atoms with Crippen LogP contribution in [0.25, 0.3) is 0 Å². The van der Waals surface area contributed by atoms with E-state index in [2.05, 4.69) is 15.3 Å². The van der Waals surface area contributed by atoms with E-state index in [9.17, 15) is 4.39 Å². The van der Waals surface area contributed by atoms with Gasteiger partial charge in [-0.2, -0.15) is 0 Å². The van der Waals surface area contributed by atoms with Crippen LogP contribution in [0.15, 0.2) is 24.4 Å².